The number of nitrogens with one attached hydrogen (secondary N) is 1. The Kier molecular flexibility index (Phi) is 7.82. The molecule has 0 bridgehead atoms. The van der Waals surface area contributed by atoms with Crippen molar-refractivity contribution in [2.24, 2.45) is 0 Å². The third-order valence-corrected chi connectivity index (χ3v) is 8.29. The molecule has 0 aliphatic heterocycles. The molecule has 0 radical (unpaired) electrons. The number of nitrogens with zero attached hydrogens (tertiary/aromatic N) is 1. The van der Waals surface area contributed by atoms with Crippen molar-refractivity contribution in [3.63, 3.8) is 0 Å². The average molecular weight is 451 g/mol. The molecule has 4 nitrogen and oxygen atoms in total. The van der Waals surface area contributed by atoms with Gasteiger partial charge in [0.25, 0.3) is 7.37 Å². The number of anilines is 2. The molecule has 0 heterocycles. The first-order chi connectivity index (χ1) is 15.2. The van der Waals surface area contributed by atoms with Gasteiger partial charge in [0.05, 0.1) is 6.10 Å². The normalized spacial score (nSPS) is 14.2. The molecule has 3 rings (SSSR count). The van der Waals surface area contributed by atoms with E-state index in [9.17, 15) is 4.57 Å². The Hall–Kier alpha value is -2.55. The molecule has 0 aliphatic rings. The van der Waals surface area contributed by atoms with Gasteiger partial charge in [-0.05, 0) is 67.3 Å². The van der Waals surface area contributed by atoms with Crippen molar-refractivity contribution in [2.75, 3.05) is 24.3 Å². The average Bonchev–Trinajstić information content (AvgIpc) is 2.77. The second-order valence-corrected chi connectivity index (χ2v) is 11.3. The van der Waals surface area contributed by atoms with Crippen molar-refractivity contribution in [1.82, 2.24) is 0 Å². The number of hydrogen-bond acceptors (Lipinski definition) is 4. The van der Waals surface area contributed by atoms with Crippen molar-refractivity contribution in [3.8, 4) is 0 Å². The Morgan fingerprint density at radius 3 is 1.84 bits per heavy atom. The molecule has 3 aromatic carbocycles. The Balaban J connectivity index is 2.12. The summed E-state index contributed by atoms with van der Waals surface area (Å²) in [4.78, 5) is 2.03. The van der Waals surface area contributed by atoms with Gasteiger partial charge >= 0.3 is 0 Å². The predicted molar refractivity (Wildman–Crippen MR) is 138 cm³/mol. The van der Waals surface area contributed by atoms with Gasteiger partial charge in [-0.3, -0.25) is 4.57 Å². The van der Waals surface area contributed by atoms with E-state index in [4.69, 9.17) is 4.52 Å². The maximum Gasteiger partial charge on any atom is 0.258 e. The molecule has 0 saturated carbocycles. The van der Waals surface area contributed by atoms with Gasteiger partial charge in [0.1, 0.15) is 5.78 Å². The highest BCUT2D eigenvalue weighted by Gasteiger charge is 2.38. The Morgan fingerprint density at radius 2 is 1.34 bits per heavy atom. The van der Waals surface area contributed by atoms with Crippen molar-refractivity contribution in [1.29, 1.82) is 0 Å². The zero-order valence-electron chi connectivity index (χ0n) is 19.9. The minimum atomic E-state index is -3.34. The fourth-order valence-electron chi connectivity index (χ4n) is 3.66. The van der Waals surface area contributed by atoms with Crippen LogP contribution in [0.25, 0.3) is 0 Å². The fraction of sp³-hybridized carbons (Fsp3) is 0.333. The number of rotatable bonds is 9. The first-order valence-corrected chi connectivity index (χ1v) is 12.9. The van der Waals surface area contributed by atoms with E-state index in [-0.39, 0.29) is 6.10 Å². The lowest BCUT2D eigenvalue weighted by Gasteiger charge is -2.31. The maximum absolute atomic E-state index is 14.7. The Bertz CT molecular complexity index is 1030. The molecule has 2 atom stereocenters. The van der Waals surface area contributed by atoms with Gasteiger partial charge in [-0.2, -0.15) is 0 Å². The van der Waals surface area contributed by atoms with Crippen molar-refractivity contribution < 1.29 is 9.09 Å². The van der Waals surface area contributed by atoms with E-state index in [0.29, 0.717) is 11.2 Å². The summed E-state index contributed by atoms with van der Waals surface area (Å²) in [5, 5.41) is 4.23. The summed E-state index contributed by atoms with van der Waals surface area (Å²) in [7, 11) is 0.647. The summed E-state index contributed by atoms with van der Waals surface area (Å²) >= 11 is 0. The highest BCUT2D eigenvalue weighted by Crippen LogP contribution is 2.59. The molecular weight excluding hydrogens is 415 g/mol. The molecule has 0 spiro atoms. The molecule has 0 aromatic heterocycles. The van der Waals surface area contributed by atoms with Crippen LogP contribution in [0.4, 0.5) is 11.4 Å². The molecular formula is C27H35N2O2P. The first-order valence-electron chi connectivity index (χ1n) is 11.2. The second kappa shape index (κ2) is 10.4. The highest BCUT2D eigenvalue weighted by atomic mass is 31.2. The van der Waals surface area contributed by atoms with Crippen LogP contribution in [-0.2, 0) is 9.09 Å². The monoisotopic (exact) mass is 450 g/mol. The van der Waals surface area contributed by atoms with E-state index in [1.165, 1.54) is 5.56 Å². The van der Waals surface area contributed by atoms with Crippen LogP contribution in [0.5, 0.6) is 0 Å². The Labute approximate surface area is 193 Å². The van der Waals surface area contributed by atoms with Gasteiger partial charge in [0, 0.05) is 30.8 Å². The van der Waals surface area contributed by atoms with E-state index in [1.807, 2.05) is 87.4 Å². The zero-order chi connectivity index (χ0) is 23.3. The van der Waals surface area contributed by atoms with Crippen molar-refractivity contribution in [2.45, 2.75) is 45.5 Å². The first kappa shape index (κ1) is 24.1. The van der Waals surface area contributed by atoms with E-state index < -0.39 is 13.2 Å². The summed E-state index contributed by atoms with van der Waals surface area (Å²) in [5.41, 5.74) is 4.16. The summed E-state index contributed by atoms with van der Waals surface area (Å²) in [6.07, 6.45) is -0.190. The number of hydrogen-bond donors (Lipinski definition) is 1. The van der Waals surface area contributed by atoms with E-state index >= 15 is 0 Å². The van der Waals surface area contributed by atoms with Gasteiger partial charge in [-0.25, -0.2) is 0 Å². The third kappa shape index (κ3) is 5.62. The van der Waals surface area contributed by atoms with Crippen LogP contribution in [0, 0.1) is 0 Å². The number of para-hydroxylation sites is 1. The van der Waals surface area contributed by atoms with Crippen LogP contribution in [-0.4, -0.2) is 20.2 Å². The summed E-state index contributed by atoms with van der Waals surface area (Å²) in [6, 6.07) is 26.1. The molecule has 0 fully saturated rings. The molecule has 170 valence electrons. The van der Waals surface area contributed by atoms with Crippen LogP contribution in [0.15, 0.2) is 78.9 Å². The van der Waals surface area contributed by atoms with Crippen LogP contribution in [0.3, 0.4) is 0 Å². The summed E-state index contributed by atoms with van der Waals surface area (Å²) < 4.78 is 21.0. The van der Waals surface area contributed by atoms with Gasteiger partial charge in [0.2, 0.25) is 0 Å². The standard InChI is InChI=1S/C27H35N2O2P/c1-20(2)22-12-14-23(15-13-22)27(28-24-10-8-7-9-11-24)32(30,31-21(3)4)26-18-16-25(17-19-26)29(5)6/h7-21,27-28H,1-6H3/t27-,32+/m1/s1. The third-order valence-electron chi connectivity index (χ3n) is 5.43. The molecule has 0 aliphatic carbocycles. The quantitative estimate of drug-likeness (QED) is 0.356. The second-order valence-electron chi connectivity index (χ2n) is 8.90. The molecule has 3 aromatic rings. The molecule has 5 heteroatoms. The zero-order valence-corrected chi connectivity index (χ0v) is 20.8. The molecule has 0 amide bonds. The lowest BCUT2D eigenvalue weighted by atomic mass is 10.0. The van der Waals surface area contributed by atoms with Crippen LogP contribution >= 0.6 is 7.37 Å². The minimum absolute atomic E-state index is 0.190. The van der Waals surface area contributed by atoms with Gasteiger partial charge in [-0.1, -0.05) is 56.3 Å². The van der Waals surface area contributed by atoms with E-state index in [0.717, 1.165) is 16.9 Å². The number of benzene rings is 3. The van der Waals surface area contributed by atoms with Crippen molar-refractivity contribution in [3.05, 3.63) is 90.0 Å². The Morgan fingerprint density at radius 1 is 0.781 bits per heavy atom. The highest BCUT2D eigenvalue weighted by molar-refractivity contribution is 7.67. The topological polar surface area (TPSA) is 41.6 Å². The molecule has 32 heavy (non-hydrogen) atoms. The predicted octanol–water partition coefficient (Wildman–Crippen LogP) is 7.02. The van der Waals surface area contributed by atoms with Crippen LogP contribution in [0.2, 0.25) is 0 Å². The van der Waals surface area contributed by atoms with Gasteiger partial charge in [-0.15, -0.1) is 0 Å². The lowest BCUT2D eigenvalue weighted by molar-refractivity contribution is 0.245. The molecule has 1 N–H and O–H groups in total. The maximum atomic E-state index is 14.7. The minimum Gasteiger partial charge on any atom is -0.378 e. The van der Waals surface area contributed by atoms with E-state index in [1.54, 1.807) is 0 Å². The van der Waals surface area contributed by atoms with Crippen LogP contribution < -0.4 is 15.5 Å². The van der Waals surface area contributed by atoms with E-state index in [2.05, 4.69) is 43.4 Å². The largest absolute Gasteiger partial charge is 0.378 e. The fourth-order valence-corrected chi connectivity index (χ4v) is 6.28. The molecule has 0 saturated heterocycles. The summed E-state index contributed by atoms with van der Waals surface area (Å²) in [6.45, 7) is 8.21. The smallest absolute Gasteiger partial charge is 0.258 e. The van der Waals surface area contributed by atoms with Crippen molar-refractivity contribution >= 4 is 24.0 Å². The van der Waals surface area contributed by atoms with Crippen LogP contribution in [0.1, 0.15) is 50.5 Å². The SMILES string of the molecule is CC(C)O[P@@](=O)(c1ccc(N(C)C)cc1)[C@@H](Nc1ccccc1)c1ccc(C(C)C)cc1. The van der Waals surface area contributed by atoms with Gasteiger partial charge < -0.3 is 14.7 Å². The summed E-state index contributed by atoms with van der Waals surface area (Å²) in [5.74, 6) is -0.0828. The lowest BCUT2D eigenvalue weighted by Crippen LogP contribution is -2.23. The van der Waals surface area contributed by atoms with Gasteiger partial charge in [0.15, 0.2) is 0 Å². The molecule has 0 unspecified atom stereocenters.